The van der Waals surface area contributed by atoms with Crippen LogP contribution in [0.2, 0.25) is 5.02 Å². The Morgan fingerprint density at radius 3 is 2.48 bits per heavy atom. The van der Waals surface area contributed by atoms with Gasteiger partial charge < -0.3 is 4.74 Å². The normalized spacial score (nSPS) is 11.5. The predicted octanol–water partition coefficient (Wildman–Crippen LogP) is 5.16. The van der Waals surface area contributed by atoms with E-state index in [1.165, 1.54) is 6.20 Å². The van der Waals surface area contributed by atoms with Crippen molar-refractivity contribution in [3.63, 3.8) is 0 Å². The molecule has 1 aromatic carbocycles. The highest BCUT2D eigenvalue weighted by Gasteiger charge is 2.30. The Kier molecular flexibility index (Phi) is 5.25. The van der Waals surface area contributed by atoms with Crippen LogP contribution >= 0.6 is 27.5 Å². The highest BCUT2D eigenvalue weighted by molar-refractivity contribution is 9.10. The molecule has 3 rings (SSSR count). The zero-order chi connectivity index (χ0) is 19.8. The third kappa shape index (κ3) is 4.14. The number of hydrogen-bond acceptors (Lipinski definition) is 4. The summed E-state index contributed by atoms with van der Waals surface area (Å²) < 4.78 is 44.9. The van der Waals surface area contributed by atoms with E-state index in [4.69, 9.17) is 16.3 Å². The summed E-state index contributed by atoms with van der Waals surface area (Å²) >= 11 is 9.41. The lowest BCUT2D eigenvalue weighted by atomic mass is 10.2. The zero-order valence-corrected chi connectivity index (χ0v) is 15.9. The van der Waals surface area contributed by atoms with Crippen molar-refractivity contribution in [2.75, 3.05) is 0 Å². The van der Waals surface area contributed by atoms with Crippen LogP contribution in [0.1, 0.15) is 11.1 Å². The molecule has 0 aliphatic heterocycles. The summed E-state index contributed by atoms with van der Waals surface area (Å²) in [7, 11) is 0. The maximum atomic E-state index is 12.6. The number of hydrogen-bond donors (Lipinski definition) is 0. The summed E-state index contributed by atoms with van der Waals surface area (Å²) in [5.41, 5.74) is -0.707. The molecule has 0 fully saturated rings. The molecule has 140 valence electrons. The van der Waals surface area contributed by atoms with Gasteiger partial charge in [0.25, 0.3) is 5.56 Å². The van der Waals surface area contributed by atoms with E-state index in [1.54, 1.807) is 6.07 Å². The number of benzene rings is 1. The van der Waals surface area contributed by atoms with Gasteiger partial charge in [0.05, 0.1) is 16.2 Å². The average molecular weight is 461 g/mol. The number of ether oxygens (including phenoxy) is 1. The molecule has 0 radical (unpaired) electrons. The number of nitrogens with zero attached hydrogens (tertiary/aromatic N) is 3. The van der Waals surface area contributed by atoms with Gasteiger partial charge in [0.1, 0.15) is 5.75 Å². The highest BCUT2D eigenvalue weighted by atomic mass is 79.9. The lowest BCUT2D eigenvalue weighted by molar-refractivity contribution is -0.137. The van der Waals surface area contributed by atoms with Crippen LogP contribution in [-0.2, 0) is 6.18 Å². The van der Waals surface area contributed by atoms with Crippen molar-refractivity contribution in [1.82, 2.24) is 14.8 Å². The van der Waals surface area contributed by atoms with Crippen molar-refractivity contribution >= 4 is 27.5 Å². The van der Waals surface area contributed by atoms with Gasteiger partial charge in [-0.3, -0.25) is 4.79 Å². The van der Waals surface area contributed by atoms with Crippen LogP contribution in [-0.4, -0.2) is 14.8 Å². The number of alkyl halides is 3. The zero-order valence-electron chi connectivity index (χ0n) is 13.6. The predicted molar refractivity (Wildman–Crippen MR) is 96.6 cm³/mol. The summed E-state index contributed by atoms with van der Waals surface area (Å²) in [4.78, 5) is 16.0. The van der Waals surface area contributed by atoms with Crippen molar-refractivity contribution in [3.05, 3.63) is 73.7 Å². The lowest BCUT2D eigenvalue weighted by Gasteiger charge is -2.11. The molecule has 0 bridgehead atoms. The maximum absolute atomic E-state index is 12.6. The van der Waals surface area contributed by atoms with E-state index in [2.05, 4.69) is 26.0 Å². The number of rotatable bonds is 3. The van der Waals surface area contributed by atoms with Gasteiger partial charge in [-0.25, -0.2) is 4.98 Å². The maximum Gasteiger partial charge on any atom is 0.417 e. The second-order valence-electron chi connectivity index (χ2n) is 5.48. The Morgan fingerprint density at radius 2 is 1.89 bits per heavy atom. The average Bonchev–Trinajstić information content (AvgIpc) is 2.60. The van der Waals surface area contributed by atoms with E-state index in [0.717, 1.165) is 22.4 Å². The summed E-state index contributed by atoms with van der Waals surface area (Å²) in [5, 5.41) is 3.60. The summed E-state index contributed by atoms with van der Waals surface area (Å²) in [6.45, 7) is 1.90. The van der Waals surface area contributed by atoms with Gasteiger partial charge in [0.15, 0.2) is 16.6 Å². The van der Waals surface area contributed by atoms with Crippen molar-refractivity contribution in [1.29, 1.82) is 0 Å². The van der Waals surface area contributed by atoms with E-state index < -0.39 is 17.3 Å². The molecule has 2 heterocycles. The van der Waals surface area contributed by atoms with Crippen LogP contribution in [0.15, 0.2) is 52.0 Å². The molecule has 10 heteroatoms. The molecule has 0 amide bonds. The van der Waals surface area contributed by atoms with Gasteiger partial charge in [-0.1, -0.05) is 17.7 Å². The molecule has 0 spiro atoms. The van der Waals surface area contributed by atoms with Crippen LogP contribution in [0.25, 0.3) is 5.82 Å². The van der Waals surface area contributed by atoms with Gasteiger partial charge in [0, 0.05) is 6.20 Å². The topological polar surface area (TPSA) is 57.0 Å². The van der Waals surface area contributed by atoms with Gasteiger partial charge >= 0.3 is 6.18 Å². The molecule has 27 heavy (non-hydrogen) atoms. The second-order valence-corrected chi connectivity index (χ2v) is 6.71. The molecule has 0 saturated heterocycles. The second kappa shape index (κ2) is 7.32. The quantitative estimate of drug-likeness (QED) is 0.542. The minimum atomic E-state index is -4.53. The smallest absolute Gasteiger partial charge is 0.417 e. The fourth-order valence-corrected chi connectivity index (χ4v) is 2.88. The largest absolute Gasteiger partial charge is 0.453 e. The number of aryl methyl sites for hydroxylation is 1. The van der Waals surface area contributed by atoms with E-state index in [0.29, 0.717) is 16.4 Å². The van der Waals surface area contributed by atoms with Crippen LogP contribution < -0.4 is 10.3 Å². The first kappa shape index (κ1) is 19.4. The molecule has 2 aromatic heterocycles. The van der Waals surface area contributed by atoms with E-state index in [-0.39, 0.29) is 16.6 Å². The molecule has 0 unspecified atom stereocenters. The van der Waals surface area contributed by atoms with Crippen LogP contribution in [0.5, 0.6) is 11.5 Å². The Hall–Kier alpha value is -2.39. The first-order chi connectivity index (χ1) is 12.7. The summed E-state index contributed by atoms with van der Waals surface area (Å²) in [6.07, 6.45) is -2.72. The Morgan fingerprint density at radius 1 is 1.15 bits per heavy atom. The van der Waals surface area contributed by atoms with E-state index in [1.807, 2.05) is 19.1 Å². The van der Waals surface area contributed by atoms with Gasteiger partial charge in [0.2, 0.25) is 0 Å². The standard InChI is InChI=1S/C17H10BrClF3N3O2/c1-9-2-4-12(11(18)6-9)27-13-8-24-25(16(26)15(13)19)14-5-3-10(7-23-14)17(20,21)22/h2-8H,1H3. The van der Waals surface area contributed by atoms with Crippen LogP contribution in [0.4, 0.5) is 13.2 Å². The molecule has 0 N–H and O–H groups in total. The van der Waals surface area contributed by atoms with Gasteiger partial charge in [-0.05, 0) is 52.7 Å². The molecule has 5 nitrogen and oxygen atoms in total. The van der Waals surface area contributed by atoms with Gasteiger partial charge in [-0.2, -0.15) is 23.0 Å². The summed E-state index contributed by atoms with van der Waals surface area (Å²) in [6, 6.07) is 7.17. The lowest BCUT2D eigenvalue weighted by Crippen LogP contribution is -2.23. The Bertz CT molecular complexity index is 1050. The number of pyridine rings is 1. The minimum absolute atomic E-state index is 0.00869. The van der Waals surface area contributed by atoms with Crippen molar-refractivity contribution in [3.8, 4) is 17.3 Å². The molecule has 0 saturated carbocycles. The van der Waals surface area contributed by atoms with Crippen LogP contribution in [0.3, 0.4) is 0 Å². The molecule has 0 aliphatic carbocycles. The Balaban J connectivity index is 1.94. The molecular formula is C17H10BrClF3N3O2. The number of aromatic nitrogens is 3. The fourth-order valence-electron chi connectivity index (χ4n) is 2.14. The third-order valence-corrected chi connectivity index (χ3v) is 4.45. The third-order valence-electron chi connectivity index (χ3n) is 3.49. The molecule has 3 aromatic rings. The molecule has 0 aliphatic rings. The monoisotopic (exact) mass is 459 g/mol. The van der Waals surface area contributed by atoms with Crippen LogP contribution in [0, 0.1) is 6.92 Å². The molecule has 0 atom stereocenters. The van der Waals surface area contributed by atoms with Crippen molar-refractivity contribution in [2.24, 2.45) is 0 Å². The van der Waals surface area contributed by atoms with Crippen molar-refractivity contribution < 1.29 is 17.9 Å². The van der Waals surface area contributed by atoms with Gasteiger partial charge in [-0.15, -0.1) is 0 Å². The SMILES string of the molecule is Cc1ccc(Oc2cnn(-c3ccc(C(F)(F)F)cn3)c(=O)c2Cl)c(Br)c1. The number of halogens is 5. The summed E-state index contributed by atoms with van der Waals surface area (Å²) in [5.74, 6) is 0.335. The highest BCUT2D eigenvalue weighted by Crippen LogP contribution is 2.32. The Labute approximate surface area is 164 Å². The molecular weight excluding hydrogens is 451 g/mol. The first-order valence-electron chi connectivity index (χ1n) is 7.42. The fraction of sp³-hybridized carbons (Fsp3) is 0.118. The van der Waals surface area contributed by atoms with E-state index >= 15 is 0 Å². The van der Waals surface area contributed by atoms with E-state index in [9.17, 15) is 18.0 Å². The first-order valence-corrected chi connectivity index (χ1v) is 8.59. The minimum Gasteiger partial charge on any atom is -0.453 e. The van der Waals surface area contributed by atoms with Crippen molar-refractivity contribution in [2.45, 2.75) is 13.1 Å².